The summed E-state index contributed by atoms with van der Waals surface area (Å²) in [5, 5.41) is 0. The van der Waals surface area contributed by atoms with Gasteiger partial charge in [-0.1, -0.05) is 109 Å². The summed E-state index contributed by atoms with van der Waals surface area (Å²) in [5.41, 5.74) is 0.854. The molecule has 0 aromatic carbocycles. The third-order valence-electron chi connectivity index (χ3n) is 7.15. The van der Waals surface area contributed by atoms with Crippen molar-refractivity contribution >= 4 is 6.09 Å². The molecule has 0 bridgehead atoms. The van der Waals surface area contributed by atoms with Gasteiger partial charge in [0.2, 0.25) is 0 Å². The molecule has 1 saturated heterocycles. The molecule has 5 heteroatoms. The maximum absolute atomic E-state index is 12.2. The molecule has 2 atom stereocenters. The lowest BCUT2D eigenvalue weighted by atomic mass is 10.0. The zero-order valence-corrected chi connectivity index (χ0v) is 22.7. The largest absolute Gasteiger partial charge is 0.447 e. The van der Waals surface area contributed by atoms with Crippen LogP contribution in [-0.2, 0) is 16.0 Å². The standard InChI is InChI=1S/C30H52N2O3/c1-3-4-5-6-7-8-9-10-11-12-13-14-15-16-17-21-28-22-23-29(35-28)26-34-30(33)32(2)25-27-20-18-19-24-31-27/h18-20,24,28-29H,3-17,21-23,25-26H2,1-2H3. The number of carbonyl (C=O) groups excluding carboxylic acids is 1. The second-order valence-electron chi connectivity index (χ2n) is 10.4. The fraction of sp³-hybridized carbons (Fsp3) is 0.800. The molecule has 1 aliphatic heterocycles. The van der Waals surface area contributed by atoms with Crippen LogP contribution in [0.25, 0.3) is 0 Å². The van der Waals surface area contributed by atoms with Crippen molar-refractivity contribution in [1.29, 1.82) is 0 Å². The Balaban J connectivity index is 1.36. The van der Waals surface area contributed by atoms with E-state index in [-0.39, 0.29) is 12.2 Å². The Hall–Kier alpha value is -1.62. The number of hydrogen-bond acceptors (Lipinski definition) is 4. The quantitative estimate of drug-likeness (QED) is 0.173. The van der Waals surface area contributed by atoms with Gasteiger partial charge >= 0.3 is 6.09 Å². The number of carbonyl (C=O) groups is 1. The monoisotopic (exact) mass is 488 g/mol. The van der Waals surface area contributed by atoms with Gasteiger partial charge in [-0.3, -0.25) is 4.98 Å². The Morgan fingerprint density at radius 1 is 0.886 bits per heavy atom. The van der Waals surface area contributed by atoms with Gasteiger partial charge in [-0.25, -0.2) is 4.79 Å². The molecule has 1 aromatic heterocycles. The maximum atomic E-state index is 12.2. The number of pyridine rings is 1. The van der Waals surface area contributed by atoms with E-state index in [1.807, 2.05) is 18.2 Å². The Labute approximate surface area is 215 Å². The molecule has 0 saturated carbocycles. The first-order chi connectivity index (χ1) is 17.2. The lowest BCUT2D eigenvalue weighted by Gasteiger charge is -2.19. The molecule has 0 radical (unpaired) electrons. The van der Waals surface area contributed by atoms with E-state index in [2.05, 4.69) is 11.9 Å². The average molecular weight is 489 g/mol. The van der Waals surface area contributed by atoms with Gasteiger partial charge in [-0.2, -0.15) is 0 Å². The molecule has 0 aliphatic carbocycles. The molecule has 0 N–H and O–H groups in total. The highest BCUT2D eigenvalue weighted by atomic mass is 16.6. The second-order valence-corrected chi connectivity index (χ2v) is 10.4. The Bertz CT molecular complexity index is 640. The molecule has 200 valence electrons. The van der Waals surface area contributed by atoms with Gasteiger partial charge in [-0.05, 0) is 31.4 Å². The van der Waals surface area contributed by atoms with Crippen molar-refractivity contribution in [3.8, 4) is 0 Å². The fourth-order valence-corrected chi connectivity index (χ4v) is 4.93. The van der Waals surface area contributed by atoms with Crippen LogP contribution in [0, 0.1) is 0 Å². The summed E-state index contributed by atoms with van der Waals surface area (Å²) < 4.78 is 11.6. The van der Waals surface area contributed by atoms with E-state index in [4.69, 9.17) is 9.47 Å². The van der Waals surface area contributed by atoms with Crippen molar-refractivity contribution in [2.45, 2.75) is 141 Å². The molecule has 2 unspecified atom stereocenters. The molecule has 1 amide bonds. The molecule has 1 fully saturated rings. The molecule has 1 aromatic rings. The SMILES string of the molecule is CCCCCCCCCCCCCCCCCC1CCC(COC(=O)N(C)Cc2ccccn2)O1. The van der Waals surface area contributed by atoms with Crippen LogP contribution >= 0.6 is 0 Å². The van der Waals surface area contributed by atoms with Crippen LogP contribution in [0.2, 0.25) is 0 Å². The third kappa shape index (κ3) is 14.5. The first-order valence-electron chi connectivity index (χ1n) is 14.6. The molecular formula is C30H52N2O3. The van der Waals surface area contributed by atoms with E-state index < -0.39 is 0 Å². The number of ether oxygens (including phenoxy) is 2. The van der Waals surface area contributed by atoms with Crippen LogP contribution in [0.4, 0.5) is 4.79 Å². The van der Waals surface area contributed by atoms with Crippen molar-refractivity contribution < 1.29 is 14.3 Å². The number of rotatable bonds is 20. The molecule has 2 heterocycles. The van der Waals surface area contributed by atoms with E-state index in [9.17, 15) is 4.79 Å². The molecule has 1 aliphatic rings. The van der Waals surface area contributed by atoms with Crippen molar-refractivity contribution in [2.75, 3.05) is 13.7 Å². The van der Waals surface area contributed by atoms with Crippen molar-refractivity contribution in [2.24, 2.45) is 0 Å². The minimum Gasteiger partial charge on any atom is -0.447 e. The van der Waals surface area contributed by atoms with E-state index >= 15 is 0 Å². The maximum Gasteiger partial charge on any atom is 0.409 e. The summed E-state index contributed by atoms with van der Waals surface area (Å²) in [4.78, 5) is 18.0. The van der Waals surface area contributed by atoms with Crippen LogP contribution in [0.15, 0.2) is 24.4 Å². The summed E-state index contributed by atoms with van der Waals surface area (Å²) in [6, 6.07) is 5.70. The normalized spacial score (nSPS) is 17.5. The van der Waals surface area contributed by atoms with E-state index in [0.717, 1.165) is 25.0 Å². The number of unbranched alkanes of at least 4 members (excludes halogenated alkanes) is 14. The van der Waals surface area contributed by atoms with Crippen LogP contribution in [-0.4, -0.2) is 41.8 Å². The van der Waals surface area contributed by atoms with Gasteiger partial charge in [0.05, 0.1) is 24.4 Å². The Kier molecular flexibility index (Phi) is 16.5. The zero-order valence-electron chi connectivity index (χ0n) is 22.7. The summed E-state index contributed by atoms with van der Waals surface area (Å²) in [6.07, 6.45) is 26.0. The summed E-state index contributed by atoms with van der Waals surface area (Å²) in [6.45, 7) is 3.09. The predicted molar refractivity (Wildman–Crippen MR) is 144 cm³/mol. The number of hydrogen-bond donors (Lipinski definition) is 0. The first-order valence-corrected chi connectivity index (χ1v) is 14.6. The molecule has 0 spiro atoms. The van der Waals surface area contributed by atoms with Crippen molar-refractivity contribution in [1.82, 2.24) is 9.88 Å². The Morgan fingerprint density at radius 3 is 2.03 bits per heavy atom. The number of aromatic nitrogens is 1. The minimum absolute atomic E-state index is 0.0449. The molecule has 5 nitrogen and oxygen atoms in total. The highest BCUT2D eigenvalue weighted by molar-refractivity contribution is 5.67. The van der Waals surface area contributed by atoms with Crippen LogP contribution < -0.4 is 0 Å². The molecular weight excluding hydrogens is 436 g/mol. The van der Waals surface area contributed by atoms with Gasteiger partial charge < -0.3 is 14.4 Å². The van der Waals surface area contributed by atoms with E-state index in [0.29, 0.717) is 19.3 Å². The Morgan fingerprint density at radius 2 is 1.46 bits per heavy atom. The lowest BCUT2D eigenvalue weighted by molar-refractivity contribution is -0.00487. The number of amides is 1. The third-order valence-corrected chi connectivity index (χ3v) is 7.15. The predicted octanol–water partition coefficient (Wildman–Crippen LogP) is 8.46. The fourth-order valence-electron chi connectivity index (χ4n) is 4.93. The topological polar surface area (TPSA) is 51.7 Å². The van der Waals surface area contributed by atoms with E-state index in [1.54, 1.807) is 18.1 Å². The minimum atomic E-state index is -0.315. The first kappa shape index (κ1) is 29.6. The van der Waals surface area contributed by atoms with Gasteiger partial charge in [0.25, 0.3) is 0 Å². The summed E-state index contributed by atoms with van der Waals surface area (Å²) in [7, 11) is 1.74. The lowest BCUT2D eigenvalue weighted by Crippen LogP contribution is -2.30. The van der Waals surface area contributed by atoms with Crippen LogP contribution in [0.1, 0.15) is 128 Å². The molecule has 35 heavy (non-hydrogen) atoms. The van der Waals surface area contributed by atoms with Gasteiger partial charge in [0, 0.05) is 13.2 Å². The van der Waals surface area contributed by atoms with Crippen LogP contribution in [0.3, 0.4) is 0 Å². The highest BCUT2D eigenvalue weighted by Gasteiger charge is 2.26. The van der Waals surface area contributed by atoms with Gasteiger partial charge in [0.15, 0.2) is 0 Å². The smallest absolute Gasteiger partial charge is 0.409 e. The van der Waals surface area contributed by atoms with Gasteiger partial charge in [-0.15, -0.1) is 0 Å². The summed E-state index contributed by atoms with van der Waals surface area (Å²) in [5.74, 6) is 0. The van der Waals surface area contributed by atoms with Gasteiger partial charge in [0.1, 0.15) is 6.61 Å². The number of nitrogens with zero attached hydrogens (tertiary/aromatic N) is 2. The van der Waals surface area contributed by atoms with Crippen molar-refractivity contribution in [3.05, 3.63) is 30.1 Å². The summed E-state index contributed by atoms with van der Waals surface area (Å²) >= 11 is 0. The second kappa shape index (κ2) is 19.6. The van der Waals surface area contributed by atoms with E-state index in [1.165, 1.54) is 96.3 Å². The highest BCUT2D eigenvalue weighted by Crippen LogP contribution is 2.25. The zero-order chi connectivity index (χ0) is 25.0. The van der Waals surface area contributed by atoms with Crippen LogP contribution in [0.5, 0.6) is 0 Å². The average Bonchev–Trinajstić information content (AvgIpc) is 3.33. The van der Waals surface area contributed by atoms with Crippen molar-refractivity contribution in [3.63, 3.8) is 0 Å². The molecule has 2 rings (SSSR count).